The summed E-state index contributed by atoms with van der Waals surface area (Å²) in [5.74, 6) is 0. The first-order valence-electron chi connectivity index (χ1n) is 4.97. The first-order chi connectivity index (χ1) is 7.36. The molecule has 0 saturated carbocycles. The maximum atomic E-state index is 3.40. The normalized spacial score (nSPS) is 12.7. The third-order valence-corrected chi connectivity index (χ3v) is 2.70. The highest BCUT2D eigenvalue weighted by Crippen LogP contribution is 2.41. The Morgan fingerprint density at radius 3 is 2.80 bits per heavy atom. The maximum absolute atomic E-state index is 3.40. The second kappa shape index (κ2) is 3.02. The average Bonchev–Trinajstić information content (AvgIpc) is 2.30. The fraction of sp³-hybridized carbons (Fsp3) is 0.0769. The third kappa shape index (κ3) is 1.18. The van der Waals surface area contributed by atoms with Gasteiger partial charge in [0, 0.05) is 13.1 Å². The highest BCUT2D eigenvalue weighted by molar-refractivity contribution is 5.90. The lowest BCUT2D eigenvalue weighted by atomic mass is 10.1. The lowest BCUT2D eigenvalue weighted by Gasteiger charge is -2.30. The summed E-state index contributed by atoms with van der Waals surface area (Å²) in [4.78, 5) is 2.15. The van der Waals surface area contributed by atoms with Crippen LogP contribution in [0.3, 0.4) is 0 Å². The number of rotatable bonds is 0. The largest absolute Gasteiger partial charge is 0.352 e. The van der Waals surface area contributed by atoms with Gasteiger partial charge >= 0.3 is 0 Å². The Labute approximate surface area is 89.2 Å². The van der Waals surface area contributed by atoms with Crippen LogP contribution in [0.4, 0.5) is 22.7 Å². The predicted octanol–water partition coefficient (Wildman–Crippen LogP) is 3.31. The molecular formula is C13H11N2. The molecule has 0 aromatic heterocycles. The predicted molar refractivity (Wildman–Crippen MR) is 63.1 cm³/mol. The summed E-state index contributed by atoms with van der Waals surface area (Å²) in [6.07, 6.45) is 0. The molecule has 1 radical (unpaired) electrons. The van der Waals surface area contributed by atoms with Crippen LogP contribution in [-0.2, 0) is 0 Å². The van der Waals surface area contributed by atoms with Gasteiger partial charge in [0.15, 0.2) is 0 Å². The summed E-state index contributed by atoms with van der Waals surface area (Å²) >= 11 is 0. The monoisotopic (exact) mass is 195 g/mol. The molecule has 0 saturated heterocycles. The van der Waals surface area contributed by atoms with Gasteiger partial charge in [0.2, 0.25) is 0 Å². The lowest BCUT2D eigenvalue weighted by Crippen LogP contribution is -2.17. The number of nitrogens with one attached hydrogen (secondary N) is 1. The van der Waals surface area contributed by atoms with E-state index >= 15 is 0 Å². The Morgan fingerprint density at radius 1 is 1.07 bits per heavy atom. The van der Waals surface area contributed by atoms with Gasteiger partial charge in [-0.1, -0.05) is 24.3 Å². The van der Waals surface area contributed by atoms with E-state index in [1.54, 1.807) is 0 Å². The van der Waals surface area contributed by atoms with Gasteiger partial charge in [0.1, 0.15) is 0 Å². The van der Waals surface area contributed by atoms with Crippen molar-refractivity contribution in [1.82, 2.24) is 0 Å². The molecule has 1 heterocycles. The highest BCUT2D eigenvalue weighted by Gasteiger charge is 2.17. The molecule has 1 aliphatic heterocycles. The van der Waals surface area contributed by atoms with Crippen LogP contribution >= 0.6 is 0 Å². The average molecular weight is 195 g/mol. The zero-order chi connectivity index (χ0) is 10.3. The highest BCUT2D eigenvalue weighted by atomic mass is 15.2. The number of fused-ring (bicyclic) bond motifs is 2. The summed E-state index contributed by atoms with van der Waals surface area (Å²) < 4.78 is 0. The fourth-order valence-electron chi connectivity index (χ4n) is 1.94. The molecule has 0 aliphatic carbocycles. The molecule has 2 heteroatoms. The van der Waals surface area contributed by atoms with E-state index in [0.29, 0.717) is 0 Å². The maximum Gasteiger partial charge on any atom is 0.0728 e. The van der Waals surface area contributed by atoms with E-state index < -0.39 is 0 Å². The minimum absolute atomic E-state index is 1.09. The van der Waals surface area contributed by atoms with Crippen molar-refractivity contribution in [1.29, 1.82) is 0 Å². The number of benzene rings is 2. The number of para-hydroxylation sites is 3. The molecule has 15 heavy (non-hydrogen) atoms. The molecule has 0 bridgehead atoms. The first-order valence-corrected chi connectivity index (χ1v) is 4.97. The van der Waals surface area contributed by atoms with Gasteiger partial charge in [-0.2, -0.15) is 0 Å². The lowest BCUT2D eigenvalue weighted by molar-refractivity contribution is 1.18. The fourth-order valence-corrected chi connectivity index (χ4v) is 1.94. The van der Waals surface area contributed by atoms with Crippen molar-refractivity contribution < 1.29 is 0 Å². The third-order valence-electron chi connectivity index (χ3n) is 2.70. The molecule has 0 spiro atoms. The molecule has 3 rings (SSSR count). The van der Waals surface area contributed by atoms with Gasteiger partial charge in [-0.25, -0.2) is 0 Å². The van der Waals surface area contributed by atoms with Gasteiger partial charge < -0.3 is 10.2 Å². The van der Waals surface area contributed by atoms with Crippen LogP contribution in [0.25, 0.3) is 0 Å². The molecule has 0 unspecified atom stereocenters. The summed E-state index contributed by atoms with van der Waals surface area (Å²) in [6, 6.07) is 17.5. The van der Waals surface area contributed by atoms with E-state index in [1.807, 2.05) is 24.3 Å². The summed E-state index contributed by atoms with van der Waals surface area (Å²) in [6.45, 7) is 0. The molecule has 2 aromatic rings. The zero-order valence-corrected chi connectivity index (χ0v) is 8.49. The van der Waals surface area contributed by atoms with Crippen molar-refractivity contribution >= 4 is 22.7 Å². The van der Waals surface area contributed by atoms with E-state index in [9.17, 15) is 0 Å². The minimum atomic E-state index is 1.09. The number of hydrogen-bond donors (Lipinski definition) is 1. The second-order valence-corrected chi connectivity index (χ2v) is 3.63. The summed E-state index contributed by atoms with van der Waals surface area (Å²) in [5, 5.41) is 3.40. The van der Waals surface area contributed by atoms with E-state index in [2.05, 4.69) is 41.5 Å². The quantitative estimate of drug-likeness (QED) is 0.693. The van der Waals surface area contributed by atoms with Crippen LogP contribution in [0.5, 0.6) is 0 Å². The first kappa shape index (κ1) is 8.36. The molecular weight excluding hydrogens is 184 g/mol. The van der Waals surface area contributed by atoms with Crippen LogP contribution in [-0.4, -0.2) is 7.05 Å². The molecule has 73 valence electrons. The van der Waals surface area contributed by atoms with Crippen molar-refractivity contribution in [2.75, 3.05) is 17.3 Å². The smallest absolute Gasteiger partial charge is 0.0728 e. The van der Waals surface area contributed by atoms with Crippen molar-refractivity contribution in [2.45, 2.75) is 0 Å². The van der Waals surface area contributed by atoms with Crippen molar-refractivity contribution in [3.63, 3.8) is 0 Å². The molecule has 1 aliphatic rings. The van der Waals surface area contributed by atoms with Crippen molar-refractivity contribution in [3.8, 4) is 0 Å². The Hall–Kier alpha value is -1.96. The molecule has 2 nitrogen and oxygen atoms in total. The molecule has 2 aromatic carbocycles. The van der Waals surface area contributed by atoms with E-state index in [4.69, 9.17) is 0 Å². The van der Waals surface area contributed by atoms with Gasteiger partial charge in [-0.05, 0) is 18.2 Å². The number of nitrogens with zero attached hydrogens (tertiary/aromatic N) is 1. The van der Waals surface area contributed by atoms with E-state index in [-0.39, 0.29) is 0 Å². The van der Waals surface area contributed by atoms with Gasteiger partial charge in [0.25, 0.3) is 0 Å². The number of hydrogen-bond acceptors (Lipinski definition) is 2. The minimum Gasteiger partial charge on any atom is -0.352 e. The van der Waals surface area contributed by atoms with Crippen LogP contribution in [0.1, 0.15) is 0 Å². The van der Waals surface area contributed by atoms with Crippen LogP contribution < -0.4 is 10.2 Å². The summed E-state index contributed by atoms with van der Waals surface area (Å²) in [5.41, 5.74) is 4.54. The summed E-state index contributed by atoms with van der Waals surface area (Å²) in [7, 11) is 2.06. The zero-order valence-electron chi connectivity index (χ0n) is 8.49. The van der Waals surface area contributed by atoms with Crippen LogP contribution in [0, 0.1) is 6.07 Å². The Bertz CT molecular complexity index is 460. The van der Waals surface area contributed by atoms with Crippen LogP contribution in [0.15, 0.2) is 42.5 Å². The topological polar surface area (TPSA) is 15.3 Å². The van der Waals surface area contributed by atoms with Crippen LogP contribution in [0.2, 0.25) is 0 Å². The van der Waals surface area contributed by atoms with E-state index in [1.165, 1.54) is 5.69 Å². The Kier molecular flexibility index (Phi) is 1.68. The molecule has 0 fully saturated rings. The number of anilines is 4. The van der Waals surface area contributed by atoms with Crippen molar-refractivity contribution in [2.24, 2.45) is 0 Å². The van der Waals surface area contributed by atoms with Gasteiger partial charge in [-0.15, -0.1) is 0 Å². The van der Waals surface area contributed by atoms with Crippen molar-refractivity contribution in [3.05, 3.63) is 48.5 Å². The molecule has 0 amide bonds. The molecule has 1 N–H and O–H groups in total. The van der Waals surface area contributed by atoms with Gasteiger partial charge in [0.05, 0.1) is 22.7 Å². The Morgan fingerprint density at radius 2 is 1.87 bits per heavy atom. The van der Waals surface area contributed by atoms with Gasteiger partial charge in [-0.3, -0.25) is 0 Å². The second-order valence-electron chi connectivity index (χ2n) is 3.63. The standard InChI is InChI=1S/C13H11N2/c1-15-12-8-4-2-6-10(12)14-11-7-3-5-9-13(11)15/h2-8,14H,1H3. The SMILES string of the molecule is CN1c2[c]cccc2Nc2ccccc21. The molecule has 0 atom stereocenters. The van der Waals surface area contributed by atoms with E-state index in [0.717, 1.165) is 17.1 Å². The Balaban J connectivity index is 2.20.